The molecule has 3 rings (SSSR count). The minimum absolute atomic E-state index is 0.0135. The van der Waals surface area contributed by atoms with Crippen molar-refractivity contribution >= 4 is 40.6 Å². The lowest BCUT2D eigenvalue weighted by molar-refractivity contribution is -0.124. The van der Waals surface area contributed by atoms with Gasteiger partial charge < -0.3 is 26.4 Å². The van der Waals surface area contributed by atoms with Crippen molar-refractivity contribution in [2.24, 2.45) is 0 Å². The quantitative estimate of drug-likeness (QED) is 0.510. The molecule has 0 radical (unpaired) electrons. The van der Waals surface area contributed by atoms with Crippen molar-refractivity contribution < 1.29 is 9.90 Å². The number of nitrogens with zero attached hydrogens (tertiary/aromatic N) is 3. The summed E-state index contributed by atoms with van der Waals surface area (Å²) in [5.41, 5.74) is 8.09. The Morgan fingerprint density at radius 1 is 1.38 bits per heavy atom. The molecule has 0 aliphatic carbocycles. The number of nitrogens with one attached hydrogen (secondary N) is 2. The average molecular weight is 419 g/mol. The third kappa shape index (κ3) is 5.71. The van der Waals surface area contributed by atoms with Gasteiger partial charge in [0.15, 0.2) is 0 Å². The highest BCUT2D eigenvalue weighted by molar-refractivity contribution is 6.33. The lowest BCUT2D eigenvalue weighted by Gasteiger charge is -2.34. The maximum absolute atomic E-state index is 11.5. The molecule has 2 aromatic rings. The van der Waals surface area contributed by atoms with Gasteiger partial charge in [-0.25, -0.2) is 4.98 Å². The van der Waals surface area contributed by atoms with Gasteiger partial charge in [0.25, 0.3) is 0 Å². The first-order valence-electron chi connectivity index (χ1n) is 9.83. The second kappa shape index (κ2) is 9.76. The fourth-order valence-electron chi connectivity index (χ4n) is 3.41. The van der Waals surface area contributed by atoms with E-state index in [0.29, 0.717) is 23.2 Å². The monoisotopic (exact) mass is 418 g/mol. The summed E-state index contributed by atoms with van der Waals surface area (Å²) in [5, 5.41) is 15.6. The number of rotatable bonds is 7. The predicted molar refractivity (Wildman–Crippen MR) is 116 cm³/mol. The Morgan fingerprint density at radius 3 is 2.93 bits per heavy atom. The van der Waals surface area contributed by atoms with E-state index in [9.17, 15) is 4.79 Å². The van der Waals surface area contributed by atoms with Gasteiger partial charge in [-0.2, -0.15) is 4.98 Å². The number of benzene rings is 1. The van der Waals surface area contributed by atoms with E-state index in [1.165, 1.54) is 0 Å². The average Bonchev–Trinajstić information content (AvgIpc) is 2.71. The number of amides is 1. The van der Waals surface area contributed by atoms with E-state index in [2.05, 4.69) is 32.4 Å². The van der Waals surface area contributed by atoms with Gasteiger partial charge in [-0.1, -0.05) is 24.9 Å². The molecule has 1 unspecified atom stereocenters. The number of anilines is 4. The normalized spacial score (nSPS) is 16.5. The van der Waals surface area contributed by atoms with Crippen LogP contribution in [0.1, 0.15) is 31.9 Å². The van der Waals surface area contributed by atoms with Crippen molar-refractivity contribution in [1.82, 2.24) is 15.3 Å². The molecule has 0 bridgehead atoms. The zero-order valence-electron chi connectivity index (χ0n) is 16.5. The van der Waals surface area contributed by atoms with Gasteiger partial charge in [0, 0.05) is 36.6 Å². The summed E-state index contributed by atoms with van der Waals surface area (Å²) < 4.78 is 0. The topological polar surface area (TPSA) is 116 Å². The fourth-order valence-corrected chi connectivity index (χ4v) is 3.53. The maximum atomic E-state index is 11.5. The van der Waals surface area contributed by atoms with Crippen LogP contribution in [-0.4, -0.2) is 46.7 Å². The summed E-state index contributed by atoms with van der Waals surface area (Å²) in [6.45, 7) is 3.10. The molecule has 0 saturated carbocycles. The van der Waals surface area contributed by atoms with Crippen LogP contribution in [-0.2, 0) is 11.2 Å². The third-order valence-corrected chi connectivity index (χ3v) is 5.12. The summed E-state index contributed by atoms with van der Waals surface area (Å²) in [6, 6.07) is 7.30. The Labute approximate surface area is 175 Å². The van der Waals surface area contributed by atoms with Gasteiger partial charge in [-0.15, -0.1) is 0 Å². The van der Waals surface area contributed by atoms with Gasteiger partial charge in [-0.05, 0) is 37.5 Å². The van der Waals surface area contributed by atoms with Crippen molar-refractivity contribution in [2.45, 2.75) is 38.6 Å². The molecule has 9 heteroatoms. The van der Waals surface area contributed by atoms with E-state index < -0.39 is 6.61 Å². The molecule has 1 atom stereocenters. The van der Waals surface area contributed by atoms with Crippen LogP contribution in [0.25, 0.3) is 0 Å². The van der Waals surface area contributed by atoms with E-state index in [4.69, 9.17) is 22.4 Å². The lowest BCUT2D eigenvalue weighted by Crippen LogP contribution is -2.48. The van der Waals surface area contributed by atoms with Crippen molar-refractivity contribution in [3.05, 3.63) is 35.0 Å². The highest BCUT2D eigenvalue weighted by atomic mass is 35.5. The number of aromatic nitrogens is 2. The number of carbonyl (C=O) groups excluding carboxylic acids is 1. The van der Waals surface area contributed by atoms with Gasteiger partial charge >= 0.3 is 0 Å². The Balaban J connectivity index is 1.82. The second-order valence-electron chi connectivity index (χ2n) is 7.16. The summed E-state index contributed by atoms with van der Waals surface area (Å²) in [4.78, 5) is 23.0. The number of aryl methyl sites for hydroxylation is 1. The number of piperidine rings is 1. The molecular weight excluding hydrogens is 392 g/mol. The largest absolute Gasteiger partial charge is 0.397 e. The Kier molecular flexibility index (Phi) is 7.11. The molecule has 2 heterocycles. The number of nitrogen functional groups attached to an aromatic ring is 1. The van der Waals surface area contributed by atoms with Crippen molar-refractivity contribution in [1.29, 1.82) is 0 Å². The van der Waals surface area contributed by atoms with Crippen LogP contribution in [0.15, 0.2) is 24.3 Å². The number of aliphatic hydroxyl groups excluding tert-OH is 1. The van der Waals surface area contributed by atoms with Gasteiger partial charge in [0.2, 0.25) is 11.9 Å². The zero-order chi connectivity index (χ0) is 20.8. The van der Waals surface area contributed by atoms with E-state index in [1.807, 2.05) is 12.1 Å². The predicted octanol–water partition coefficient (Wildman–Crippen LogP) is 2.49. The van der Waals surface area contributed by atoms with Crippen LogP contribution in [0.5, 0.6) is 0 Å². The van der Waals surface area contributed by atoms with Gasteiger partial charge in [0.1, 0.15) is 12.4 Å². The summed E-state index contributed by atoms with van der Waals surface area (Å²) in [7, 11) is 0. The second-order valence-corrected chi connectivity index (χ2v) is 7.57. The molecular formula is C20H27ClN6O2. The minimum Gasteiger partial charge on any atom is -0.397 e. The van der Waals surface area contributed by atoms with Crippen molar-refractivity contribution in [3.63, 3.8) is 0 Å². The van der Waals surface area contributed by atoms with Gasteiger partial charge in [0.05, 0.1) is 10.7 Å². The lowest BCUT2D eigenvalue weighted by atomic mass is 10.1. The SMILES string of the molecule is CCCc1cc(N2CCCC(NC(=O)CO)C2)nc(Nc2ccc(Cl)c(N)c2)n1. The smallest absolute Gasteiger partial charge is 0.245 e. The van der Waals surface area contributed by atoms with Crippen molar-refractivity contribution in [2.75, 3.05) is 35.6 Å². The number of hydrogen-bond acceptors (Lipinski definition) is 7. The highest BCUT2D eigenvalue weighted by Crippen LogP contribution is 2.26. The van der Waals surface area contributed by atoms with E-state index in [0.717, 1.165) is 49.4 Å². The van der Waals surface area contributed by atoms with Crippen LogP contribution in [0.4, 0.5) is 23.1 Å². The first kappa shape index (κ1) is 21.1. The van der Waals surface area contributed by atoms with Gasteiger partial charge in [-0.3, -0.25) is 4.79 Å². The summed E-state index contributed by atoms with van der Waals surface area (Å²) in [6.07, 6.45) is 3.62. The number of hydrogen-bond donors (Lipinski definition) is 4. The van der Waals surface area contributed by atoms with E-state index in [1.54, 1.807) is 12.1 Å². The molecule has 29 heavy (non-hydrogen) atoms. The minimum atomic E-state index is -0.497. The molecule has 1 saturated heterocycles. The molecule has 1 fully saturated rings. The van der Waals surface area contributed by atoms with Crippen LogP contribution < -0.4 is 21.3 Å². The molecule has 156 valence electrons. The van der Waals surface area contributed by atoms with Crippen LogP contribution >= 0.6 is 11.6 Å². The number of aliphatic hydroxyl groups is 1. The first-order valence-corrected chi connectivity index (χ1v) is 10.2. The van der Waals surface area contributed by atoms with Crippen molar-refractivity contribution in [3.8, 4) is 0 Å². The molecule has 1 amide bonds. The molecule has 1 aromatic heterocycles. The summed E-state index contributed by atoms with van der Waals surface area (Å²) >= 11 is 6.00. The fraction of sp³-hybridized carbons (Fsp3) is 0.450. The van der Waals surface area contributed by atoms with Crippen LogP contribution in [0, 0.1) is 0 Å². The zero-order valence-corrected chi connectivity index (χ0v) is 17.2. The Bertz CT molecular complexity index is 863. The van der Waals surface area contributed by atoms with E-state index in [-0.39, 0.29) is 11.9 Å². The number of carbonyl (C=O) groups is 1. The standard InChI is InChI=1S/C20H27ClN6O2/c1-2-4-13-10-18(27-8-3-5-15(11-27)23-19(29)12-28)26-20(24-13)25-14-6-7-16(21)17(22)9-14/h6-7,9-10,15,28H,2-5,8,11-12,22H2,1H3,(H,23,29)(H,24,25,26). The first-order chi connectivity index (χ1) is 14.0. The Morgan fingerprint density at radius 2 is 2.21 bits per heavy atom. The number of halogens is 1. The summed E-state index contributed by atoms with van der Waals surface area (Å²) in [5.74, 6) is 0.957. The van der Waals surface area contributed by atoms with Crippen LogP contribution in [0.3, 0.4) is 0 Å². The molecule has 1 aliphatic rings. The molecule has 8 nitrogen and oxygen atoms in total. The maximum Gasteiger partial charge on any atom is 0.245 e. The van der Waals surface area contributed by atoms with Crippen LogP contribution in [0.2, 0.25) is 5.02 Å². The Hall–Kier alpha value is -2.58. The third-order valence-electron chi connectivity index (χ3n) is 4.78. The number of nitrogens with two attached hydrogens (primary N) is 1. The molecule has 1 aliphatic heterocycles. The highest BCUT2D eigenvalue weighted by Gasteiger charge is 2.23. The van der Waals surface area contributed by atoms with E-state index >= 15 is 0 Å². The molecule has 0 spiro atoms. The molecule has 5 N–H and O–H groups in total. The molecule has 1 aromatic carbocycles.